The van der Waals surface area contributed by atoms with Crippen molar-refractivity contribution in [1.29, 1.82) is 0 Å². The largest absolute Gasteiger partial charge is 0.393 e. The van der Waals surface area contributed by atoms with E-state index >= 15 is 0 Å². The molecule has 1 heterocycles. The van der Waals surface area contributed by atoms with Crippen LogP contribution in [0.15, 0.2) is 0 Å². The molecule has 0 aromatic heterocycles. The second-order valence-corrected chi connectivity index (χ2v) is 6.05. The van der Waals surface area contributed by atoms with Crippen molar-refractivity contribution in [2.24, 2.45) is 5.92 Å². The summed E-state index contributed by atoms with van der Waals surface area (Å²) in [5, 5.41) is 8.91. The smallest absolute Gasteiger partial charge is 0.217 e. The average Bonchev–Trinajstić information content (AvgIpc) is 2.26. The molecule has 1 N–H and O–H groups in total. The van der Waals surface area contributed by atoms with E-state index in [1.54, 1.807) is 20.9 Å². The maximum atomic E-state index is 11.7. The van der Waals surface area contributed by atoms with Gasteiger partial charge in [-0.05, 0) is 19.3 Å². The molecule has 0 aromatic carbocycles. The third kappa shape index (κ3) is 1.87. The number of hydrogen-bond acceptors (Lipinski definition) is 3. The maximum absolute atomic E-state index is 11.7. The fraction of sp³-hybridized carbons (Fsp3) is 1.00. The van der Waals surface area contributed by atoms with Crippen LogP contribution < -0.4 is 0 Å². The Bertz CT molecular complexity index is 273. The SMILES string of the molecule is CC(O)C(C)C1CCN(C)S1(=O)=O. The van der Waals surface area contributed by atoms with Crippen molar-refractivity contribution in [2.45, 2.75) is 31.6 Å². The summed E-state index contributed by atoms with van der Waals surface area (Å²) in [7, 11) is -1.55. The summed E-state index contributed by atoms with van der Waals surface area (Å²) in [5.41, 5.74) is 0. The molecule has 78 valence electrons. The van der Waals surface area contributed by atoms with Crippen LogP contribution in [0.3, 0.4) is 0 Å². The second-order valence-electron chi connectivity index (χ2n) is 3.79. The molecule has 0 bridgehead atoms. The van der Waals surface area contributed by atoms with Gasteiger partial charge in [-0.2, -0.15) is 0 Å². The second kappa shape index (κ2) is 3.55. The van der Waals surface area contributed by atoms with Gasteiger partial charge in [0.05, 0.1) is 11.4 Å². The van der Waals surface area contributed by atoms with Gasteiger partial charge in [0.1, 0.15) is 0 Å². The normalized spacial score (nSPS) is 33.1. The first kappa shape index (κ1) is 10.9. The lowest BCUT2D eigenvalue weighted by Crippen LogP contribution is -2.34. The van der Waals surface area contributed by atoms with Crippen molar-refractivity contribution in [3.8, 4) is 0 Å². The molecule has 3 atom stereocenters. The van der Waals surface area contributed by atoms with Crippen LogP contribution in [0.2, 0.25) is 0 Å². The van der Waals surface area contributed by atoms with Crippen LogP contribution in [-0.2, 0) is 10.0 Å². The molecular weight excluding hydrogens is 190 g/mol. The third-order valence-corrected chi connectivity index (χ3v) is 5.37. The average molecular weight is 207 g/mol. The molecule has 1 rings (SSSR count). The van der Waals surface area contributed by atoms with Crippen molar-refractivity contribution in [3.63, 3.8) is 0 Å². The highest BCUT2D eigenvalue weighted by molar-refractivity contribution is 7.90. The fourth-order valence-corrected chi connectivity index (χ4v) is 3.66. The molecule has 0 spiro atoms. The Labute approximate surface area is 79.6 Å². The standard InChI is InChI=1S/C8H17NO3S/c1-6(7(2)10)8-4-5-9(3)13(8,11)12/h6-8,10H,4-5H2,1-3H3. The van der Waals surface area contributed by atoms with Gasteiger partial charge in [-0.1, -0.05) is 6.92 Å². The molecule has 13 heavy (non-hydrogen) atoms. The quantitative estimate of drug-likeness (QED) is 0.695. The molecule has 1 fully saturated rings. The molecular formula is C8H17NO3S. The molecule has 5 heteroatoms. The Hall–Kier alpha value is -0.130. The van der Waals surface area contributed by atoms with Crippen LogP contribution in [0.1, 0.15) is 20.3 Å². The molecule has 0 aromatic rings. The fourth-order valence-electron chi connectivity index (χ4n) is 1.66. The van der Waals surface area contributed by atoms with E-state index in [2.05, 4.69) is 0 Å². The zero-order valence-electron chi connectivity index (χ0n) is 8.27. The number of aliphatic hydroxyl groups excluding tert-OH is 1. The van der Waals surface area contributed by atoms with Crippen LogP contribution >= 0.6 is 0 Å². The van der Waals surface area contributed by atoms with Gasteiger partial charge in [-0.3, -0.25) is 0 Å². The molecule has 0 amide bonds. The summed E-state index contributed by atoms with van der Waals surface area (Å²) in [4.78, 5) is 0. The van der Waals surface area contributed by atoms with Gasteiger partial charge in [0.2, 0.25) is 10.0 Å². The predicted octanol–water partition coefficient (Wildman–Crippen LogP) is 0.0372. The molecule has 4 nitrogen and oxygen atoms in total. The zero-order chi connectivity index (χ0) is 10.2. The van der Waals surface area contributed by atoms with Gasteiger partial charge < -0.3 is 5.11 Å². The monoisotopic (exact) mass is 207 g/mol. The van der Waals surface area contributed by atoms with Gasteiger partial charge in [0.15, 0.2) is 0 Å². The summed E-state index contributed by atoms with van der Waals surface area (Å²) in [6.45, 7) is 3.99. The van der Waals surface area contributed by atoms with E-state index < -0.39 is 21.4 Å². The van der Waals surface area contributed by atoms with Crippen molar-refractivity contribution in [1.82, 2.24) is 4.31 Å². The molecule has 1 aliphatic heterocycles. The summed E-state index contributed by atoms with van der Waals surface area (Å²) in [6, 6.07) is 0. The van der Waals surface area contributed by atoms with Crippen molar-refractivity contribution in [2.75, 3.05) is 13.6 Å². The molecule has 0 radical (unpaired) electrons. The number of nitrogens with zero attached hydrogens (tertiary/aromatic N) is 1. The molecule has 0 saturated carbocycles. The minimum absolute atomic E-state index is 0.185. The minimum Gasteiger partial charge on any atom is -0.393 e. The topological polar surface area (TPSA) is 57.6 Å². The summed E-state index contributed by atoms with van der Waals surface area (Å²) >= 11 is 0. The first-order chi connectivity index (χ1) is 5.87. The maximum Gasteiger partial charge on any atom is 0.217 e. The minimum atomic E-state index is -3.14. The van der Waals surface area contributed by atoms with Crippen LogP contribution in [0.25, 0.3) is 0 Å². The van der Waals surface area contributed by atoms with E-state index in [0.29, 0.717) is 13.0 Å². The van der Waals surface area contributed by atoms with Crippen molar-refractivity contribution < 1.29 is 13.5 Å². The van der Waals surface area contributed by atoms with E-state index in [1.807, 2.05) is 0 Å². The van der Waals surface area contributed by atoms with Crippen LogP contribution in [0, 0.1) is 5.92 Å². The Morgan fingerprint density at radius 2 is 2.00 bits per heavy atom. The van der Waals surface area contributed by atoms with Gasteiger partial charge in [0.25, 0.3) is 0 Å². The van der Waals surface area contributed by atoms with Gasteiger partial charge >= 0.3 is 0 Å². The third-order valence-electron chi connectivity index (χ3n) is 2.89. The first-order valence-corrected chi connectivity index (χ1v) is 6.01. The van der Waals surface area contributed by atoms with Crippen LogP contribution in [0.5, 0.6) is 0 Å². The predicted molar refractivity (Wildman–Crippen MR) is 50.8 cm³/mol. The Balaban J connectivity index is 2.85. The number of hydrogen-bond donors (Lipinski definition) is 1. The lowest BCUT2D eigenvalue weighted by molar-refractivity contribution is 0.132. The highest BCUT2D eigenvalue weighted by Gasteiger charge is 2.40. The van der Waals surface area contributed by atoms with E-state index in [4.69, 9.17) is 0 Å². The van der Waals surface area contributed by atoms with E-state index in [1.165, 1.54) is 4.31 Å². The van der Waals surface area contributed by atoms with E-state index in [0.717, 1.165) is 0 Å². The van der Waals surface area contributed by atoms with E-state index in [9.17, 15) is 13.5 Å². The van der Waals surface area contributed by atoms with E-state index in [-0.39, 0.29) is 5.92 Å². The molecule has 1 saturated heterocycles. The summed E-state index contributed by atoms with van der Waals surface area (Å²) < 4.78 is 24.7. The zero-order valence-corrected chi connectivity index (χ0v) is 9.08. The van der Waals surface area contributed by atoms with Crippen molar-refractivity contribution in [3.05, 3.63) is 0 Å². The molecule has 0 aliphatic carbocycles. The van der Waals surface area contributed by atoms with Gasteiger partial charge in [-0.25, -0.2) is 12.7 Å². The Morgan fingerprint density at radius 3 is 2.31 bits per heavy atom. The first-order valence-electron chi connectivity index (χ1n) is 4.50. The van der Waals surface area contributed by atoms with Gasteiger partial charge in [0, 0.05) is 13.6 Å². The lowest BCUT2D eigenvalue weighted by atomic mass is 10.00. The van der Waals surface area contributed by atoms with Crippen molar-refractivity contribution >= 4 is 10.0 Å². The summed E-state index contributed by atoms with van der Waals surface area (Å²) in [6.07, 6.45) is 0.0662. The highest BCUT2D eigenvalue weighted by Crippen LogP contribution is 2.27. The van der Waals surface area contributed by atoms with Crippen LogP contribution in [0.4, 0.5) is 0 Å². The number of aliphatic hydroxyl groups is 1. The summed E-state index contributed by atoms with van der Waals surface area (Å²) in [5.74, 6) is -0.185. The lowest BCUT2D eigenvalue weighted by Gasteiger charge is -2.21. The Morgan fingerprint density at radius 1 is 1.46 bits per heavy atom. The number of sulfonamides is 1. The number of rotatable bonds is 2. The Kier molecular flexibility index (Phi) is 2.99. The van der Waals surface area contributed by atoms with Gasteiger partial charge in [-0.15, -0.1) is 0 Å². The van der Waals surface area contributed by atoms with Crippen LogP contribution in [-0.4, -0.2) is 42.8 Å². The molecule has 3 unspecified atom stereocenters. The molecule has 1 aliphatic rings. The highest BCUT2D eigenvalue weighted by atomic mass is 32.2.